The molecule has 0 bridgehead atoms. The summed E-state index contributed by atoms with van der Waals surface area (Å²) in [6.07, 6.45) is 1.83. The number of sulfonamides is 1. The van der Waals surface area contributed by atoms with Crippen LogP contribution in [0.1, 0.15) is 18.4 Å². The summed E-state index contributed by atoms with van der Waals surface area (Å²) in [5.74, 6) is 0.0831. The lowest BCUT2D eigenvalue weighted by Gasteiger charge is -2.11. The van der Waals surface area contributed by atoms with Crippen LogP contribution in [0.15, 0.2) is 17.0 Å². The van der Waals surface area contributed by atoms with Gasteiger partial charge in [0.1, 0.15) is 4.90 Å². The van der Waals surface area contributed by atoms with E-state index in [4.69, 9.17) is 17.3 Å². The van der Waals surface area contributed by atoms with Crippen molar-refractivity contribution in [1.82, 2.24) is 10.0 Å². The maximum atomic E-state index is 12.1. The van der Waals surface area contributed by atoms with Gasteiger partial charge >= 0.3 is 0 Å². The Morgan fingerprint density at radius 3 is 2.67 bits per heavy atom. The number of nitrogens with one attached hydrogen (secondary N) is 2. The van der Waals surface area contributed by atoms with Gasteiger partial charge in [0.15, 0.2) is 0 Å². The van der Waals surface area contributed by atoms with Crippen molar-refractivity contribution < 1.29 is 13.2 Å². The lowest BCUT2D eigenvalue weighted by atomic mass is 10.2. The van der Waals surface area contributed by atoms with E-state index in [1.807, 2.05) is 0 Å². The Balaban J connectivity index is 1.95. The van der Waals surface area contributed by atoms with E-state index in [-0.39, 0.29) is 34.8 Å². The van der Waals surface area contributed by atoms with Crippen molar-refractivity contribution in [3.63, 3.8) is 0 Å². The molecule has 0 radical (unpaired) electrons. The number of benzene rings is 1. The van der Waals surface area contributed by atoms with Crippen LogP contribution in [0.25, 0.3) is 0 Å². The van der Waals surface area contributed by atoms with Gasteiger partial charge in [0.05, 0.1) is 5.02 Å². The molecule has 4 N–H and O–H groups in total. The maximum Gasteiger partial charge on any atom is 0.242 e. The van der Waals surface area contributed by atoms with E-state index in [0.717, 1.165) is 18.4 Å². The minimum absolute atomic E-state index is 0.0215. The molecule has 1 amide bonds. The molecule has 21 heavy (non-hydrogen) atoms. The lowest BCUT2D eigenvalue weighted by molar-refractivity contribution is -0.122. The van der Waals surface area contributed by atoms with E-state index in [2.05, 4.69) is 10.0 Å². The fourth-order valence-corrected chi connectivity index (χ4v) is 3.46. The number of carbonyl (C=O) groups is 1. The molecular formula is C13H18ClN3O3S. The van der Waals surface area contributed by atoms with Gasteiger partial charge in [-0.25, -0.2) is 13.1 Å². The minimum Gasteiger partial charge on any atom is -0.398 e. The molecule has 0 saturated heterocycles. The summed E-state index contributed by atoms with van der Waals surface area (Å²) in [7, 11) is -3.75. The smallest absolute Gasteiger partial charge is 0.242 e. The number of amides is 1. The highest BCUT2D eigenvalue weighted by molar-refractivity contribution is 7.89. The van der Waals surface area contributed by atoms with Crippen molar-refractivity contribution in [2.75, 3.05) is 18.8 Å². The minimum atomic E-state index is -3.75. The highest BCUT2D eigenvalue weighted by atomic mass is 35.5. The number of aryl methyl sites for hydroxylation is 1. The molecule has 1 fully saturated rings. The summed E-state index contributed by atoms with van der Waals surface area (Å²) in [5.41, 5.74) is 6.79. The molecule has 1 aliphatic rings. The number of nitrogens with two attached hydrogens (primary N) is 1. The third kappa shape index (κ3) is 4.09. The van der Waals surface area contributed by atoms with Crippen LogP contribution in [-0.4, -0.2) is 27.4 Å². The first-order chi connectivity index (χ1) is 9.81. The first-order valence-corrected chi connectivity index (χ1v) is 8.50. The number of carbonyl (C=O) groups excluding carboxylic acids is 1. The van der Waals surface area contributed by atoms with Crippen LogP contribution in [0.3, 0.4) is 0 Å². The van der Waals surface area contributed by atoms with Gasteiger partial charge < -0.3 is 11.1 Å². The van der Waals surface area contributed by atoms with Crippen molar-refractivity contribution in [1.29, 1.82) is 0 Å². The molecule has 1 saturated carbocycles. The normalized spacial score (nSPS) is 15.0. The van der Waals surface area contributed by atoms with Crippen LogP contribution in [0.2, 0.25) is 5.02 Å². The Bertz CT molecular complexity index is 657. The molecule has 1 aromatic rings. The molecule has 0 spiro atoms. The average Bonchev–Trinajstić information content (AvgIpc) is 3.23. The molecule has 1 aromatic carbocycles. The number of nitrogen functional groups attached to an aromatic ring is 1. The number of anilines is 1. The molecule has 0 unspecified atom stereocenters. The quantitative estimate of drug-likeness (QED) is 0.535. The number of hydrogen-bond donors (Lipinski definition) is 3. The Hall–Kier alpha value is -1.31. The second-order valence-electron chi connectivity index (χ2n) is 5.10. The van der Waals surface area contributed by atoms with Gasteiger partial charge in [0.2, 0.25) is 15.9 Å². The predicted molar refractivity (Wildman–Crippen MR) is 81.5 cm³/mol. The topological polar surface area (TPSA) is 101 Å². The predicted octanol–water partition coefficient (Wildman–Crippen LogP) is 1.04. The van der Waals surface area contributed by atoms with Gasteiger partial charge in [0, 0.05) is 24.7 Å². The molecule has 0 atom stereocenters. The van der Waals surface area contributed by atoms with E-state index in [9.17, 15) is 13.2 Å². The Morgan fingerprint density at radius 1 is 1.38 bits per heavy atom. The van der Waals surface area contributed by atoms with Gasteiger partial charge in [-0.2, -0.15) is 0 Å². The number of rotatable bonds is 6. The van der Waals surface area contributed by atoms with Crippen LogP contribution >= 0.6 is 11.6 Å². The van der Waals surface area contributed by atoms with Gasteiger partial charge in [0.25, 0.3) is 0 Å². The van der Waals surface area contributed by atoms with Gasteiger partial charge in [-0.3, -0.25) is 4.79 Å². The van der Waals surface area contributed by atoms with E-state index in [0.29, 0.717) is 5.69 Å². The SMILES string of the molecule is Cc1cc(Cl)c(S(=O)(=O)NCCNC(=O)C2CC2)cc1N. The first kappa shape index (κ1) is 16.1. The van der Waals surface area contributed by atoms with Crippen molar-refractivity contribution in [3.05, 3.63) is 22.7 Å². The van der Waals surface area contributed by atoms with Crippen molar-refractivity contribution in [2.24, 2.45) is 5.92 Å². The molecule has 6 nitrogen and oxygen atoms in total. The standard InChI is InChI=1S/C13H18ClN3O3S/c1-8-6-10(14)12(7-11(8)15)21(19,20)17-5-4-16-13(18)9-2-3-9/h6-7,9,17H,2-5,15H2,1H3,(H,16,18). The van der Waals surface area contributed by atoms with Crippen LogP contribution in [0, 0.1) is 12.8 Å². The van der Waals surface area contributed by atoms with E-state index in [1.165, 1.54) is 12.1 Å². The van der Waals surface area contributed by atoms with Crippen LogP contribution in [0.5, 0.6) is 0 Å². The molecule has 116 valence electrons. The average molecular weight is 332 g/mol. The highest BCUT2D eigenvalue weighted by Gasteiger charge is 2.29. The van der Waals surface area contributed by atoms with E-state index >= 15 is 0 Å². The second kappa shape index (κ2) is 6.21. The number of hydrogen-bond acceptors (Lipinski definition) is 4. The fraction of sp³-hybridized carbons (Fsp3) is 0.462. The van der Waals surface area contributed by atoms with Gasteiger partial charge in [-0.1, -0.05) is 11.6 Å². The van der Waals surface area contributed by atoms with Crippen LogP contribution < -0.4 is 15.8 Å². The zero-order valence-corrected chi connectivity index (χ0v) is 13.2. The Morgan fingerprint density at radius 2 is 2.05 bits per heavy atom. The summed E-state index contributed by atoms with van der Waals surface area (Å²) in [6, 6.07) is 2.85. The summed E-state index contributed by atoms with van der Waals surface area (Å²) in [6.45, 7) is 2.09. The maximum absolute atomic E-state index is 12.1. The molecule has 1 aliphatic carbocycles. The summed E-state index contributed by atoms with van der Waals surface area (Å²) >= 11 is 5.95. The molecule has 0 aromatic heterocycles. The first-order valence-electron chi connectivity index (χ1n) is 6.64. The lowest BCUT2D eigenvalue weighted by Crippen LogP contribution is -2.35. The monoisotopic (exact) mass is 331 g/mol. The summed E-state index contributed by atoms with van der Waals surface area (Å²) < 4.78 is 26.7. The van der Waals surface area contributed by atoms with Crippen molar-refractivity contribution >= 4 is 33.2 Å². The Kier molecular flexibility index (Phi) is 4.75. The molecule has 0 aliphatic heterocycles. The Labute approximate surface area is 129 Å². The van der Waals surface area contributed by atoms with Crippen molar-refractivity contribution in [2.45, 2.75) is 24.7 Å². The van der Waals surface area contributed by atoms with Crippen molar-refractivity contribution in [3.8, 4) is 0 Å². The fourth-order valence-electron chi connectivity index (χ4n) is 1.81. The van der Waals surface area contributed by atoms with E-state index < -0.39 is 10.0 Å². The number of halogens is 1. The van der Waals surface area contributed by atoms with Gasteiger partial charge in [-0.15, -0.1) is 0 Å². The third-order valence-corrected chi connectivity index (χ3v) is 5.20. The molecule has 2 rings (SSSR count). The highest BCUT2D eigenvalue weighted by Crippen LogP contribution is 2.28. The second-order valence-corrected chi connectivity index (χ2v) is 7.24. The zero-order valence-electron chi connectivity index (χ0n) is 11.6. The third-order valence-electron chi connectivity index (χ3n) is 3.27. The molecule has 8 heteroatoms. The zero-order chi connectivity index (χ0) is 15.6. The van der Waals surface area contributed by atoms with E-state index in [1.54, 1.807) is 6.92 Å². The van der Waals surface area contributed by atoms with Crippen LogP contribution in [0.4, 0.5) is 5.69 Å². The summed E-state index contributed by atoms with van der Waals surface area (Å²) in [5, 5.41) is 2.80. The molecular weight excluding hydrogens is 314 g/mol. The van der Waals surface area contributed by atoms with Crippen LogP contribution in [-0.2, 0) is 14.8 Å². The van der Waals surface area contributed by atoms with Gasteiger partial charge in [-0.05, 0) is 37.5 Å². The largest absolute Gasteiger partial charge is 0.398 e. The molecule has 0 heterocycles. The summed E-state index contributed by atoms with van der Waals surface area (Å²) in [4.78, 5) is 11.4.